The van der Waals surface area contributed by atoms with Gasteiger partial charge in [-0.1, -0.05) is 31.5 Å². The van der Waals surface area contributed by atoms with Gasteiger partial charge in [-0.2, -0.15) is 4.31 Å². The number of rotatable bonds is 4. The molecule has 4 rings (SSSR count). The van der Waals surface area contributed by atoms with E-state index in [0.29, 0.717) is 52.2 Å². The monoisotopic (exact) mass is 474 g/mol. The third kappa shape index (κ3) is 4.17. The summed E-state index contributed by atoms with van der Waals surface area (Å²) >= 11 is 6.15. The Morgan fingerprint density at radius 3 is 2.47 bits per heavy atom. The summed E-state index contributed by atoms with van der Waals surface area (Å²) in [6.45, 7) is 8.77. The van der Waals surface area contributed by atoms with Crippen molar-refractivity contribution in [2.24, 2.45) is 11.8 Å². The van der Waals surface area contributed by atoms with E-state index in [2.05, 4.69) is 19.2 Å². The van der Waals surface area contributed by atoms with Crippen molar-refractivity contribution in [1.82, 2.24) is 4.31 Å². The molecule has 1 amide bonds. The Morgan fingerprint density at radius 2 is 1.78 bits per heavy atom. The summed E-state index contributed by atoms with van der Waals surface area (Å²) in [6.07, 6.45) is 1.02. The maximum Gasteiger partial charge on any atom is 0.291 e. The molecule has 2 aromatic carbocycles. The van der Waals surface area contributed by atoms with Crippen LogP contribution in [0.4, 0.5) is 5.69 Å². The fourth-order valence-electron chi connectivity index (χ4n) is 4.45. The number of furan rings is 1. The molecule has 6 nitrogen and oxygen atoms in total. The summed E-state index contributed by atoms with van der Waals surface area (Å²) in [5.41, 5.74) is 2.41. The van der Waals surface area contributed by atoms with Crippen molar-refractivity contribution in [3.05, 3.63) is 58.3 Å². The van der Waals surface area contributed by atoms with Crippen LogP contribution in [0.25, 0.3) is 11.0 Å². The van der Waals surface area contributed by atoms with Crippen molar-refractivity contribution in [2.75, 3.05) is 18.4 Å². The maximum absolute atomic E-state index is 13.3. The van der Waals surface area contributed by atoms with Crippen LogP contribution in [0.2, 0.25) is 5.02 Å². The minimum atomic E-state index is -3.63. The molecule has 8 heteroatoms. The van der Waals surface area contributed by atoms with E-state index in [0.717, 1.165) is 12.0 Å². The lowest BCUT2D eigenvalue weighted by atomic mass is 9.94. The predicted octanol–water partition coefficient (Wildman–Crippen LogP) is 5.62. The predicted molar refractivity (Wildman–Crippen MR) is 127 cm³/mol. The fourth-order valence-corrected chi connectivity index (χ4v) is 6.33. The zero-order valence-electron chi connectivity index (χ0n) is 18.6. The summed E-state index contributed by atoms with van der Waals surface area (Å²) in [5, 5.41) is 4.00. The average Bonchev–Trinajstić information content (AvgIpc) is 3.07. The van der Waals surface area contributed by atoms with Crippen molar-refractivity contribution in [2.45, 2.75) is 39.0 Å². The number of nitrogens with one attached hydrogen (secondary N) is 1. The molecule has 32 heavy (non-hydrogen) atoms. The molecule has 1 saturated heterocycles. The van der Waals surface area contributed by atoms with Crippen molar-refractivity contribution in [1.29, 1.82) is 0 Å². The lowest BCUT2D eigenvalue weighted by molar-refractivity contribution is 0.0998. The fraction of sp³-hybridized carbons (Fsp3) is 0.375. The van der Waals surface area contributed by atoms with Crippen LogP contribution in [0.1, 0.15) is 41.9 Å². The standard InChI is InChI=1S/C24H27ClN2O4S/c1-14-10-15(2)13-27(12-14)32(29,30)18-8-9-22-19(11-18)16(3)23(31-22)24(28)26-21-7-5-6-20(25)17(21)4/h5-9,11,14-15H,10,12-13H2,1-4H3,(H,26,28)/t14-,15-/m0/s1. The van der Waals surface area contributed by atoms with Crippen molar-refractivity contribution in [3.8, 4) is 0 Å². The molecule has 0 unspecified atom stereocenters. The Hall–Kier alpha value is -2.35. The Bertz CT molecular complexity index is 1290. The maximum atomic E-state index is 13.3. The normalized spacial score (nSPS) is 19.9. The summed E-state index contributed by atoms with van der Waals surface area (Å²) < 4.78 is 33.9. The topological polar surface area (TPSA) is 79.6 Å². The largest absolute Gasteiger partial charge is 0.451 e. The molecule has 0 radical (unpaired) electrons. The number of sulfonamides is 1. The van der Waals surface area contributed by atoms with Crippen LogP contribution in [0.15, 0.2) is 45.7 Å². The van der Waals surface area contributed by atoms with Gasteiger partial charge in [0.05, 0.1) is 4.90 Å². The van der Waals surface area contributed by atoms with Crippen LogP contribution in [0.5, 0.6) is 0 Å². The molecule has 1 N–H and O–H groups in total. The SMILES string of the molecule is Cc1c(Cl)cccc1NC(=O)c1oc2ccc(S(=O)(=O)N3C[C@@H](C)C[C@H](C)C3)cc2c1C. The van der Waals surface area contributed by atoms with Gasteiger partial charge in [-0.15, -0.1) is 0 Å². The molecule has 0 saturated carbocycles. The first-order valence-corrected chi connectivity index (χ1v) is 12.5. The Balaban J connectivity index is 1.66. The summed E-state index contributed by atoms with van der Waals surface area (Å²) in [6, 6.07) is 10.1. The molecule has 1 aromatic heterocycles. The highest BCUT2D eigenvalue weighted by Gasteiger charge is 2.32. The van der Waals surface area contributed by atoms with Crippen molar-refractivity contribution in [3.63, 3.8) is 0 Å². The van der Waals surface area contributed by atoms with Gasteiger partial charge in [0.15, 0.2) is 5.76 Å². The van der Waals surface area contributed by atoms with Crippen molar-refractivity contribution >= 4 is 44.2 Å². The van der Waals surface area contributed by atoms with E-state index in [1.165, 1.54) is 0 Å². The number of amides is 1. The highest BCUT2D eigenvalue weighted by Crippen LogP contribution is 2.32. The van der Waals surface area contributed by atoms with Crippen LogP contribution in [-0.2, 0) is 10.0 Å². The quantitative estimate of drug-likeness (QED) is 0.532. The minimum Gasteiger partial charge on any atom is -0.451 e. The van der Waals surface area contributed by atoms with Gasteiger partial charge in [0.1, 0.15) is 5.58 Å². The van der Waals surface area contributed by atoms with Crippen LogP contribution < -0.4 is 5.32 Å². The Kier molecular flexibility index (Phi) is 6.09. The molecule has 3 aromatic rings. The molecule has 2 atom stereocenters. The Morgan fingerprint density at radius 1 is 1.09 bits per heavy atom. The van der Waals surface area contributed by atoms with Gasteiger partial charge >= 0.3 is 0 Å². The number of nitrogens with zero attached hydrogens (tertiary/aromatic N) is 1. The third-order valence-corrected chi connectivity index (χ3v) is 8.34. The van der Waals surface area contributed by atoms with Crippen LogP contribution in [0, 0.1) is 25.7 Å². The van der Waals surface area contributed by atoms with E-state index in [-0.39, 0.29) is 10.7 Å². The lowest BCUT2D eigenvalue weighted by Crippen LogP contribution is -2.42. The molecule has 1 aliphatic heterocycles. The number of fused-ring (bicyclic) bond motifs is 1. The first-order valence-electron chi connectivity index (χ1n) is 10.7. The van der Waals surface area contributed by atoms with E-state index in [1.54, 1.807) is 47.6 Å². The van der Waals surface area contributed by atoms with E-state index in [9.17, 15) is 13.2 Å². The third-order valence-electron chi connectivity index (χ3n) is 6.10. The summed E-state index contributed by atoms with van der Waals surface area (Å²) in [7, 11) is -3.63. The highest BCUT2D eigenvalue weighted by molar-refractivity contribution is 7.89. The Labute approximate surface area is 193 Å². The second-order valence-corrected chi connectivity index (χ2v) is 11.2. The molecule has 2 heterocycles. The van der Waals surface area contributed by atoms with Gasteiger partial charge in [-0.3, -0.25) is 4.79 Å². The first-order chi connectivity index (χ1) is 15.1. The summed E-state index contributed by atoms with van der Waals surface area (Å²) in [4.78, 5) is 13.1. The highest BCUT2D eigenvalue weighted by atomic mass is 35.5. The van der Waals surface area contributed by atoms with Crippen LogP contribution in [-0.4, -0.2) is 31.7 Å². The number of aryl methyl sites for hydroxylation is 1. The molecule has 1 aliphatic rings. The van der Waals surface area contributed by atoms with E-state index >= 15 is 0 Å². The van der Waals surface area contributed by atoms with Gasteiger partial charge < -0.3 is 9.73 Å². The number of benzene rings is 2. The van der Waals surface area contributed by atoms with Gasteiger partial charge in [0.2, 0.25) is 10.0 Å². The molecule has 170 valence electrons. The smallest absolute Gasteiger partial charge is 0.291 e. The summed E-state index contributed by atoms with van der Waals surface area (Å²) in [5.74, 6) is 0.373. The number of anilines is 1. The number of carbonyl (C=O) groups is 1. The van der Waals surface area contributed by atoms with E-state index in [4.69, 9.17) is 16.0 Å². The number of piperidine rings is 1. The average molecular weight is 475 g/mol. The molecule has 0 bridgehead atoms. The number of carbonyl (C=O) groups excluding carboxylic acids is 1. The first kappa shape index (κ1) is 22.8. The second kappa shape index (κ2) is 8.54. The van der Waals surface area contributed by atoms with E-state index < -0.39 is 15.9 Å². The molecule has 0 spiro atoms. The van der Waals surface area contributed by atoms with Gasteiger partial charge in [0.25, 0.3) is 5.91 Å². The van der Waals surface area contributed by atoms with Gasteiger partial charge in [0, 0.05) is 34.7 Å². The molecular weight excluding hydrogens is 448 g/mol. The van der Waals surface area contributed by atoms with Crippen molar-refractivity contribution < 1.29 is 17.6 Å². The number of hydrogen-bond donors (Lipinski definition) is 1. The minimum absolute atomic E-state index is 0.147. The zero-order valence-corrected chi connectivity index (χ0v) is 20.2. The second-order valence-electron chi connectivity index (χ2n) is 8.85. The number of halogens is 1. The van der Waals surface area contributed by atoms with E-state index in [1.807, 2.05) is 6.92 Å². The number of hydrogen-bond acceptors (Lipinski definition) is 4. The lowest BCUT2D eigenvalue weighted by Gasteiger charge is -2.34. The van der Waals surface area contributed by atoms with Gasteiger partial charge in [-0.05, 0) is 68.0 Å². The zero-order chi connectivity index (χ0) is 23.2. The molecule has 1 fully saturated rings. The molecular formula is C24H27ClN2O4S. The molecule has 0 aliphatic carbocycles. The van der Waals surface area contributed by atoms with Crippen LogP contribution in [0.3, 0.4) is 0 Å². The van der Waals surface area contributed by atoms with Gasteiger partial charge in [-0.25, -0.2) is 8.42 Å². The van der Waals surface area contributed by atoms with Crippen LogP contribution >= 0.6 is 11.6 Å².